The van der Waals surface area contributed by atoms with Gasteiger partial charge in [-0.3, -0.25) is 4.90 Å². The number of methoxy groups -OCH3 is 1. The van der Waals surface area contributed by atoms with Crippen molar-refractivity contribution in [2.24, 2.45) is 0 Å². The van der Waals surface area contributed by atoms with E-state index in [9.17, 15) is 4.79 Å². The van der Waals surface area contributed by atoms with Gasteiger partial charge in [0.05, 0.1) is 12.8 Å². The smallest absolute Gasteiger partial charge is 0.326 e. The first-order chi connectivity index (χ1) is 12.6. The first kappa shape index (κ1) is 16.9. The molecule has 0 radical (unpaired) electrons. The van der Waals surface area contributed by atoms with E-state index in [2.05, 4.69) is 42.4 Å². The van der Waals surface area contributed by atoms with Crippen LogP contribution in [0.15, 0.2) is 42.5 Å². The molecule has 0 aliphatic carbocycles. The van der Waals surface area contributed by atoms with Crippen LogP contribution in [0.1, 0.15) is 23.5 Å². The van der Waals surface area contributed by atoms with Gasteiger partial charge in [0.2, 0.25) is 0 Å². The number of fused-ring (bicyclic) bond motifs is 3. The molecule has 0 aromatic heterocycles. The Morgan fingerprint density at radius 2 is 2.04 bits per heavy atom. The minimum Gasteiger partial charge on any atom is -0.495 e. The maximum Gasteiger partial charge on any atom is 0.326 e. The van der Waals surface area contributed by atoms with Crippen LogP contribution in [0.5, 0.6) is 5.75 Å². The summed E-state index contributed by atoms with van der Waals surface area (Å²) in [5, 5.41) is 3.05. The number of nitrogens with one attached hydrogen (secondary N) is 1. The molecule has 1 fully saturated rings. The SMILES string of the molecule is COc1ccccc1NC(=O)N1c2ccc(C)cc2C2CN(C)CCC21. The number of para-hydroxylation sites is 2. The number of likely N-dealkylation sites (N-methyl/N-ethyl adjacent to an activating group) is 1. The number of ether oxygens (including phenoxy) is 1. The fourth-order valence-corrected chi connectivity index (χ4v) is 4.27. The summed E-state index contributed by atoms with van der Waals surface area (Å²) in [6.07, 6.45) is 0.980. The summed E-state index contributed by atoms with van der Waals surface area (Å²) < 4.78 is 5.37. The zero-order valence-electron chi connectivity index (χ0n) is 15.5. The highest BCUT2D eigenvalue weighted by molar-refractivity contribution is 6.04. The number of rotatable bonds is 2. The molecule has 1 N–H and O–H groups in total. The van der Waals surface area contributed by atoms with Crippen molar-refractivity contribution in [3.63, 3.8) is 0 Å². The Bertz CT molecular complexity index is 836. The zero-order chi connectivity index (χ0) is 18.3. The lowest BCUT2D eigenvalue weighted by Gasteiger charge is -2.36. The molecule has 2 heterocycles. The number of anilines is 2. The van der Waals surface area contributed by atoms with E-state index in [1.165, 1.54) is 11.1 Å². The van der Waals surface area contributed by atoms with E-state index in [-0.39, 0.29) is 12.1 Å². The number of aryl methyl sites for hydroxylation is 1. The highest BCUT2D eigenvalue weighted by atomic mass is 16.5. The molecular formula is C21H25N3O2. The van der Waals surface area contributed by atoms with E-state index in [0.29, 0.717) is 17.4 Å². The van der Waals surface area contributed by atoms with Crippen LogP contribution in [0.2, 0.25) is 0 Å². The summed E-state index contributed by atoms with van der Waals surface area (Å²) in [7, 11) is 3.77. The van der Waals surface area contributed by atoms with Gasteiger partial charge in [-0.15, -0.1) is 0 Å². The van der Waals surface area contributed by atoms with Crippen LogP contribution in [0.25, 0.3) is 0 Å². The maximum absolute atomic E-state index is 13.2. The second kappa shape index (κ2) is 6.65. The molecule has 1 saturated heterocycles. The second-order valence-electron chi connectivity index (χ2n) is 7.29. The largest absolute Gasteiger partial charge is 0.495 e. The Kier molecular flexibility index (Phi) is 4.32. The Morgan fingerprint density at radius 1 is 1.23 bits per heavy atom. The van der Waals surface area contributed by atoms with Crippen molar-refractivity contribution in [1.82, 2.24) is 4.90 Å². The summed E-state index contributed by atoms with van der Waals surface area (Å²) in [6, 6.07) is 14.1. The summed E-state index contributed by atoms with van der Waals surface area (Å²) in [5.41, 5.74) is 4.26. The Labute approximate surface area is 154 Å². The fourth-order valence-electron chi connectivity index (χ4n) is 4.27. The minimum atomic E-state index is -0.0864. The standard InChI is InChI=1S/C21H25N3O2/c1-14-8-9-18-15(12-14)16-13-23(2)11-10-19(16)24(18)21(25)22-17-6-4-5-7-20(17)26-3/h4-9,12,16,19H,10-11,13H2,1-3H3,(H,22,25). The quantitative estimate of drug-likeness (QED) is 0.894. The van der Waals surface area contributed by atoms with Gasteiger partial charge in [0, 0.05) is 24.2 Å². The van der Waals surface area contributed by atoms with E-state index in [1.807, 2.05) is 29.2 Å². The van der Waals surface area contributed by atoms with Crippen LogP contribution < -0.4 is 15.0 Å². The van der Waals surface area contributed by atoms with E-state index in [0.717, 1.165) is 25.2 Å². The van der Waals surface area contributed by atoms with Crippen molar-refractivity contribution in [2.75, 3.05) is 37.5 Å². The molecule has 5 nitrogen and oxygen atoms in total. The highest BCUT2D eigenvalue weighted by Crippen LogP contribution is 2.45. The van der Waals surface area contributed by atoms with E-state index in [4.69, 9.17) is 4.74 Å². The van der Waals surface area contributed by atoms with Crippen molar-refractivity contribution >= 4 is 17.4 Å². The molecule has 0 bridgehead atoms. The normalized spacial score (nSPS) is 21.9. The van der Waals surface area contributed by atoms with Gasteiger partial charge < -0.3 is 15.0 Å². The lowest BCUT2D eigenvalue weighted by atomic mass is 9.89. The number of carbonyl (C=O) groups is 1. The number of amides is 2. The first-order valence-electron chi connectivity index (χ1n) is 9.11. The van der Waals surface area contributed by atoms with Gasteiger partial charge in [-0.25, -0.2) is 4.79 Å². The molecular weight excluding hydrogens is 326 g/mol. The number of hydrogen-bond donors (Lipinski definition) is 1. The third-order valence-electron chi connectivity index (χ3n) is 5.52. The van der Waals surface area contributed by atoms with Crippen molar-refractivity contribution < 1.29 is 9.53 Å². The Balaban J connectivity index is 1.68. The van der Waals surface area contributed by atoms with Crippen molar-refractivity contribution in [2.45, 2.75) is 25.3 Å². The van der Waals surface area contributed by atoms with Crippen LogP contribution in [-0.4, -0.2) is 44.2 Å². The van der Waals surface area contributed by atoms with E-state index in [1.54, 1.807) is 7.11 Å². The number of nitrogens with zero attached hydrogens (tertiary/aromatic N) is 2. The molecule has 5 heteroatoms. The van der Waals surface area contributed by atoms with Crippen LogP contribution >= 0.6 is 0 Å². The van der Waals surface area contributed by atoms with Gasteiger partial charge in [-0.05, 0) is 50.7 Å². The molecule has 2 aromatic carbocycles. The van der Waals surface area contributed by atoms with Gasteiger partial charge in [-0.2, -0.15) is 0 Å². The molecule has 4 rings (SSSR count). The molecule has 0 saturated carbocycles. The fraction of sp³-hybridized carbons (Fsp3) is 0.381. The molecule has 2 aliphatic heterocycles. The van der Waals surface area contributed by atoms with Gasteiger partial charge in [0.1, 0.15) is 5.75 Å². The number of carbonyl (C=O) groups excluding carboxylic acids is 1. The van der Waals surface area contributed by atoms with Crippen LogP contribution in [0, 0.1) is 6.92 Å². The zero-order valence-corrected chi connectivity index (χ0v) is 15.5. The minimum absolute atomic E-state index is 0.0864. The summed E-state index contributed by atoms with van der Waals surface area (Å²) >= 11 is 0. The number of hydrogen-bond acceptors (Lipinski definition) is 3. The van der Waals surface area contributed by atoms with Gasteiger partial charge in [-0.1, -0.05) is 29.8 Å². The molecule has 2 aliphatic rings. The molecule has 136 valence electrons. The average molecular weight is 351 g/mol. The summed E-state index contributed by atoms with van der Waals surface area (Å²) in [4.78, 5) is 17.5. The molecule has 2 aromatic rings. The Hall–Kier alpha value is -2.53. The lowest BCUT2D eigenvalue weighted by molar-refractivity contribution is 0.224. The Morgan fingerprint density at radius 3 is 2.85 bits per heavy atom. The monoisotopic (exact) mass is 351 g/mol. The topological polar surface area (TPSA) is 44.8 Å². The average Bonchev–Trinajstić information content (AvgIpc) is 2.95. The van der Waals surface area contributed by atoms with Crippen molar-refractivity contribution in [1.29, 1.82) is 0 Å². The molecule has 0 spiro atoms. The molecule has 2 atom stereocenters. The predicted octanol–water partition coefficient (Wildman–Crippen LogP) is 3.84. The lowest BCUT2D eigenvalue weighted by Crippen LogP contribution is -2.48. The van der Waals surface area contributed by atoms with Crippen molar-refractivity contribution in [3.05, 3.63) is 53.6 Å². The number of urea groups is 1. The van der Waals surface area contributed by atoms with Crippen LogP contribution in [0.4, 0.5) is 16.2 Å². The maximum atomic E-state index is 13.2. The molecule has 26 heavy (non-hydrogen) atoms. The number of piperidine rings is 1. The van der Waals surface area contributed by atoms with Gasteiger partial charge in [0.15, 0.2) is 0 Å². The van der Waals surface area contributed by atoms with E-state index >= 15 is 0 Å². The summed E-state index contributed by atoms with van der Waals surface area (Å²) in [6.45, 7) is 4.10. The number of likely N-dealkylation sites (tertiary alicyclic amines) is 1. The third-order valence-corrected chi connectivity index (χ3v) is 5.52. The first-order valence-corrected chi connectivity index (χ1v) is 9.11. The highest BCUT2D eigenvalue weighted by Gasteiger charge is 2.44. The van der Waals surface area contributed by atoms with E-state index < -0.39 is 0 Å². The van der Waals surface area contributed by atoms with Crippen LogP contribution in [0.3, 0.4) is 0 Å². The molecule has 2 unspecified atom stereocenters. The third kappa shape index (κ3) is 2.82. The van der Waals surface area contributed by atoms with Crippen molar-refractivity contribution in [3.8, 4) is 5.75 Å². The van der Waals surface area contributed by atoms with Gasteiger partial charge >= 0.3 is 6.03 Å². The predicted molar refractivity (Wildman–Crippen MR) is 104 cm³/mol. The number of benzene rings is 2. The summed E-state index contributed by atoms with van der Waals surface area (Å²) in [5.74, 6) is 1.04. The molecule has 2 amide bonds. The second-order valence-corrected chi connectivity index (χ2v) is 7.29. The van der Waals surface area contributed by atoms with Gasteiger partial charge in [0.25, 0.3) is 0 Å². The van der Waals surface area contributed by atoms with Crippen LogP contribution in [-0.2, 0) is 0 Å².